The second-order valence-corrected chi connectivity index (χ2v) is 5.94. The molecule has 0 aliphatic rings. The molecular weight excluding hydrogens is 272 g/mol. The molecule has 0 aromatic rings. The van der Waals surface area contributed by atoms with Gasteiger partial charge in [-0.2, -0.15) is 0 Å². The van der Waals surface area contributed by atoms with Crippen LogP contribution in [-0.2, 0) is 9.53 Å². The molecule has 128 valence electrons. The number of carbonyl (C=O) groups excluding carboxylic acids is 1. The van der Waals surface area contributed by atoms with E-state index >= 15 is 0 Å². The number of unbranched alkanes of at least 4 members (excludes halogenated alkanes) is 10. The summed E-state index contributed by atoms with van der Waals surface area (Å²) in [4.78, 5) is 10.5. The Kier molecular flexibility index (Phi) is 17.1. The first kappa shape index (κ1) is 20.9. The highest BCUT2D eigenvalue weighted by atomic mass is 16.5. The van der Waals surface area contributed by atoms with Crippen molar-refractivity contribution in [2.45, 2.75) is 90.9 Å². The van der Waals surface area contributed by atoms with Crippen LogP contribution in [0.3, 0.4) is 0 Å². The number of carbonyl (C=O) groups is 1. The quantitative estimate of drug-likeness (QED) is 0.200. The van der Waals surface area contributed by atoms with Crippen molar-refractivity contribution in [3.05, 3.63) is 24.3 Å². The molecule has 0 bridgehead atoms. The van der Waals surface area contributed by atoms with Crippen LogP contribution in [0.25, 0.3) is 0 Å². The molecule has 0 aromatic carbocycles. The average Bonchev–Trinajstić information content (AvgIpc) is 2.50. The van der Waals surface area contributed by atoms with E-state index in [4.69, 9.17) is 4.74 Å². The molecule has 0 spiro atoms. The Hall–Kier alpha value is -1.05. The van der Waals surface area contributed by atoms with Gasteiger partial charge in [-0.3, -0.25) is 4.79 Å². The van der Waals surface area contributed by atoms with E-state index in [-0.39, 0.29) is 5.97 Å². The van der Waals surface area contributed by atoms with Crippen LogP contribution in [0.4, 0.5) is 0 Å². The van der Waals surface area contributed by atoms with Gasteiger partial charge in [-0.25, -0.2) is 0 Å². The maximum atomic E-state index is 10.5. The Morgan fingerprint density at radius 1 is 0.727 bits per heavy atom. The number of rotatable bonds is 15. The van der Waals surface area contributed by atoms with Crippen LogP contribution in [0, 0.1) is 0 Å². The van der Waals surface area contributed by atoms with Gasteiger partial charge in [-0.05, 0) is 32.1 Å². The first-order valence-corrected chi connectivity index (χ1v) is 9.20. The van der Waals surface area contributed by atoms with Crippen molar-refractivity contribution in [1.29, 1.82) is 0 Å². The van der Waals surface area contributed by atoms with Gasteiger partial charge in [0.05, 0.1) is 0 Å². The molecule has 0 atom stereocenters. The molecular formula is C20H36O2. The minimum absolute atomic E-state index is 0.207. The van der Waals surface area contributed by atoms with Crippen LogP contribution in [-0.4, -0.2) is 12.6 Å². The lowest BCUT2D eigenvalue weighted by Crippen LogP contribution is -1.97. The summed E-state index contributed by atoms with van der Waals surface area (Å²) in [5.74, 6) is -0.207. The first-order chi connectivity index (χ1) is 10.8. The number of esters is 1. The van der Waals surface area contributed by atoms with Crippen molar-refractivity contribution >= 4 is 5.97 Å². The molecule has 22 heavy (non-hydrogen) atoms. The minimum Gasteiger partial charge on any atom is -0.462 e. The molecule has 0 unspecified atom stereocenters. The summed E-state index contributed by atoms with van der Waals surface area (Å²) in [5, 5.41) is 0. The van der Waals surface area contributed by atoms with Crippen molar-refractivity contribution in [3.8, 4) is 0 Å². The molecule has 0 saturated heterocycles. The van der Waals surface area contributed by atoms with Gasteiger partial charge in [0.2, 0.25) is 0 Å². The monoisotopic (exact) mass is 308 g/mol. The largest absolute Gasteiger partial charge is 0.462 e. The fourth-order valence-electron chi connectivity index (χ4n) is 2.32. The third-order valence-electron chi connectivity index (χ3n) is 3.68. The molecule has 0 aliphatic heterocycles. The molecule has 0 aromatic heterocycles. The molecule has 0 radical (unpaired) electrons. The predicted octanol–water partition coefficient (Wildman–Crippen LogP) is 6.36. The van der Waals surface area contributed by atoms with Crippen molar-refractivity contribution in [1.82, 2.24) is 0 Å². The van der Waals surface area contributed by atoms with Crippen LogP contribution in [0.15, 0.2) is 24.3 Å². The summed E-state index contributed by atoms with van der Waals surface area (Å²) in [6.07, 6.45) is 24.4. The van der Waals surface area contributed by atoms with Crippen LogP contribution >= 0.6 is 0 Å². The number of hydrogen-bond donors (Lipinski definition) is 0. The Morgan fingerprint density at radius 3 is 1.68 bits per heavy atom. The lowest BCUT2D eigenvalue weighted by molar-refractivity contribution is -0.139. The zero-order chi connectivity index (χ0) is 16.3. The predicted molar refractivity (Wildman–Crippen MR) is 96.0 cm³/mol. The summed E-state index contributed by atoms with van der Waals surface area (Å²) >= 11 is 0. The molecule has 0 rings (SSSR count). The van der Waals surface area contributed by atoms with Gasteiger partial charge < -0.3 is 4.74 Å². The standard InChI is InChI=1S/C20H36O2/c1-3-4-5-6-7-8-9-10-11-12-13-14-15-16-17-18-19-22-20(2)21/h6-7,17-18H,3-5,8-16,19H2,1-2H3/b7-6-,18-17+. The summed E-state index contributed by atoms with van der Waals surface area (Å²) in [6.45, 7) is 4.10. The molecule has 0 fully saturated rings. The van der Waals surface area contributed by atoms with E-state index in [1.54, 1.807) is 0 Å². The summed E-state index contributed by atoms with van der Waals surface area (Å²) in [7, 11) is 0. The zero-order valence-corrected chi connectivity index (χ0v) is 14.8. The summed E-state index contributed by atoms with van der Waals surface area (Å²) in [6, 6.07) is 0. The lowest BCUT2D eigenvalue weighted by atomic mass is 10.1. The van der Waals surface area contributed by atoms with Gasteiger partial charge >= 0.3 is 5.97 Å². The molecule has 0 N–H and O–H groups in total. The van der Waals surface area contributed by atoms with E-state index in [1.807, 2.05) is 6.08 Å². The van der Waals surface area contributed by atoms with Crippen LogP contribution < -0.4 is 0 Å². The Bertz CT molecular complexity index is 292. The normalized spacial score (nSPS) is 11.5. The van der Waals surface area contributed by atoms with Crippen molar-refractivity contribution in [2.24, 2.45) is 0 Å². The summed E-state index contributed by atoms with van der Waals surface area (Å²) in [5.41, 5.74) is 0. The summed E-state index contributed by atoms with van der Waals surface area (Å²) < 4.78 is 4.83. The highest BCUT2D eigenvalue weighted by molar-refractivity contribution is 5.65. The fourth-order valence-corrected chi connectivity index (χ4v) is 2.32. The van der Waals surface area contributed by atoms with Gasteiger partial charge in [0.15, 0.2) is 0 Å². The third kappa shape index (κ3) is 18.9. The van der Waals surface area contributed by atoms with E-state index in [9.17, 15) is 4.79 Å². The second-order valence-electron chi connectivity index (χ2n) is 5.94. The van der Waals surface area contributed by atoms with Crippen LogP contribution in [0.2, 0.25) is 0 Å². The maximum absolute atomic E-state index is 10.5. The molecule has 2 heteroatoms. The fraction of sp³-hybridized carbons (Fsp3) is 0.750. The Morgan fingerprint density at radius 2 is 1.18 bits per heavy atom. The SMILES string of the molecule is CCCC/C=C\CCCCCCCCC/C=C/COC(C)=O. The second kappa shape index (κ2) is 18.0. The van der Waals surface area contributed by atoms with Gasteiger partial charge in [-0.1, -0.05) is 76.2 Å². The highest BCUT2D eigenvalue weighted by Gasteiger charge is 1.91. The van der Waals surface area contributed by atoms with Gasteiger partial charge in [-0.15, -0.1) is 0 Å². The number of ether oxygens (including phenoxy) is 1. The average molecular weight is 309 g/mol. The third-order valence-corrected chi connectivity index (χ3v) is 3.68. The molecule has 2 nitrogen and oxygen atoms in total. The van der Waals surface area contributed by atoms with Gasteiger partial charge in [0, 0.05) is 6.92 Å². The topological polar surface area (TPSA) is 26.3 Å². The van der Waals surface area contributed by atoms with E-state index in [0.717, 1.165) is 6.42 Å². The van der Waals surface area contributed by atoms with Crippen molar-refractivity contribution in [2.75, 3.05) is 6.61 Å². The van der Waals surface area contributed by atoms with Crippen molar-refractivity contribution in [3.63, 3.8) is 0 Å². The number of hydrogen-bond acceptors (Lipinski definition) is 2. The molecule has 0 amide bonds. The Balaban J connectivity index is 3.11. The van der Waals surface area contributed by atoms with E-state index in [2.05, 4.69) is 25.2 Å². The number of allylic oxidation sites excluding steroid dienone is 3. The molecule has 0 saturated carbocycles. The van der Waals surface area contributed by atoms with E-state index in [0.29, 0.717) is 6.61 Å². The maximum Gasteiger partial charge on any atom is 0.302 e. The van der Waals surface area contributed by atoms with Crippen LogP contribution in [0.1, 0.15) is 90.9 Å². The van der Waals surface area contributed by atoms with Gasteiger partial charge in [0.25, 0.3) is 0 Å². The highest BCUT2D eigenvalue weighted by Crippen LogP contribution is 2.10. The first-order valence-electron chi connectivity index (χ1n) is 9.20. The molecule has 0 aliphatic carbocycles. The minimum atomic E-state index is -0.207. The van der Waals surface area contributed by atoms with Crippen LogP contribution in [0.5, 0.6) is 0 Å². The zero-order valence-electron chi connectivity index (χ0n) is 14.8. The lowest BCUT2D eigenvalue weighted by Gasteiger charge is -2.00. The van der Waals surface area contributed by atoms with E-state index < -0.39 is 0 Å². The van der Waals surface area contributed by atoms with Gasteiger partial charge in [0.1, 0.15) is 6.61 Å². The molecule has 0 heterocycles. The van der Waals surface area contributed by atoms with E-state index in [1.165, 1.54) is 77.6 Å². The smallest absolute Gasteiger partial charge is 0.302 e. The Labute approximate surface area is 138 Å². The van der Waals surface area contributed by atoms with Crippen molar-refractivity contribution < 1.29 is 9.53 Å².